The van der Waals surface area contributed by atoms with Crippen LogP contribution in [-0.4, -0.2) is 12.2 Å². The highest BCUT2D eigenvalue weighted by atomic mass is 16.6. The Morgan fingerprint density at radius 3 is 1.64 bits per heavy atom. The van der Waals surface area contributed by atoms with Crippen molar-refractivity contribution in [2.45, 2.75) is 51.6 Å². The van der Waals surface area contributed by atoms with Crippen LogP contribution in [0, 0.1) is 23.7 Å². The molecule has 0 radical (unpaired) electrons. The third-order valence-electron chi connectivity index (χ3n) is 5.00. The molecule has 0 unspecified atom stereocenters. The van der Waals surface area contributed by atoms with Crippen molar-refractivity contribution in [2.75, 3.05) is 6.61 Å². The van der Waals surface area contributed by atoms with Gasteiger partial charge in [-0.05, 0) is 55.8 Å². The van der Waals surface area contributed by atoms with Crippen LogP contribution in [0.15, 0.2) is 0 Å². The van der Waals surface area contributed by atoms with Crippen LogP contribution in [0.1, 0.15) is 46.0 Å². The van der Waals surface area contributed by atoms with Gasteiger partial charge in [0, 0.05) is 0 Å². The zero-order valence-electron chi connectivity index (χ0n) is 9.46. The molecule has 0 atom stereocenters. The third-order valence-corrected chi connectivity index (χ3v) is 5.00. The van der Waals surface area contributed by atoms with Crippen LogP contribution in [0.25, 0.3) is 0 Å². The van der Waals surface area contributed by atoms with Gasteiger partial charge in [0.05, 0.1) is 12.2 Å². The quantitative estimate of drug-likeness (QED) is 0.539. The zero-order valence-corrected chi connectivity index (χ0v) is 9.46. The molecule has 14 heavy (non-hydrogen) atoms. The van der Waals surface area contributed by atoms with Crippen molar-refractivity contribution in [1.82, 2.24) is 0 Å². The second kappa shape index (κ2) is 2.98. The van der Waals surface area contributed by atoms with E-state index in [9.17, 15) is 0 Å². The van der Waals surface area contributed by atoms with Crippen molar-refractivity contribution in [3.63, 3.8) is 0 Å². The molecule has 4 aliphatic carbocycles. The molecule has 1 nitrogen and oxygen atoms in total. The van der Waals surface area contributed by atoms with Crippen molar-refractivity contribution >= 4 is 0 Å². The van der Waals surface area contributed by atoms with Crippen molar-refractivity contribution in [3.05, 3.63) is 0 Å². The molecule has 1 heteroatoms. The molecule has 4 saturated carbocycles. The second-order valence-corrected chi connectivity index (χ2v) is 5.55. The minimum Gasteiger partial charge on any atom is -0.369 e. The summed E-state index contributed by atoms with van der Waals surface area (Å²) in [5, 5.41) is 0. The maximum Gasteiger partial charge on any atom is 0.0972 e. The molecular weight excluding hydrogens is 172 g/mol. The molecule has 80 valence electrons. The summed E-state index contributed by atoms with van der Waals surface area (Å²) in [5.74, 6) is 4.16. The zero-order chi connectivity index (χ0) is 9.76. The van der Waals surface area contributed by atoms with Crippen molar-refractivity contribution in [1.29, 1.82) is 0 Å². The smallest absolute Gasteiger partial charge is 0.0972 e. The van der Waals surface area contributed by atoms with Gasteiger partial charge < -0.3 is 4.74 Å². The normalized spacial score (nSPS) is 57.0. The number of hydrogen-bond donors (Lipinski definition) is 0. The Bertz CT molecular complexity index is 199. The van der Waals surface area contributed by atoms with Crippen molar-refractivity contribution in [2.24, 2.45) is 23.7 Å². The van der Waals surface area contributed by atoms with E-state index in [-0.39, 0.29) is 0 Å². The van der Waals surface area contributed by atoms with Gasteiger partial charge in [-0.3, -0.25) is 0 Å². The fourth-order valence-electron chi connectivity index (χ4n) is 4.54. The molecule has 1 aliphatic heterocycles. The van der Waals surface area contributed by atoms with E-state index < -0.39 is 0 Å². The van der Waals surface area contributed by atoms with E-state index >= 15 is 0 Å². The van der Waals surface area contributed by atoms with E-state index in [0.29, 0.717) is 5.60 Å². The fraction of sp³-hybridized carbons (Fsp3) is 1.00. The van der Waals surface area contributed by atoms with Crippen LogP contribution < -0.4 is 0 Å². The average molecular weight is 194 g/mol. The van der Waals surface area contributed by atoms with Gasteiger partial charge in [-0.25, -0.2) is 0 Å². The van der Waals surface area contributed by atoms with Gasteiger partial charge in [-0.1, -0.05) is 13.8 Å². The Balaban J connectivity index is 0.000000303. The van der Waals surface area contributed by atoms with Gasteiger partial charge in [-0.15, -0.1) is 0 Å². The largest absolute Gasteiger partial charge is 0.369 e. The van der Waals surface area contributed by atoms with E-state index in [2.05, 4.69) is 0 Å². The van der Waals surface area contributed by atoms with E-state index in [0.717, 1.165) is 30.3 Å². The van der Waals surface area contributed by atoms with E-state index in [1.807, 2.05) is 13.8 Å². The summed E-state index contributed by atoms with van der Waals surface area (Å²) in [4.78, 5) is 0. The summed E-state index contributed by atoms with van der Waals surface area (Å²) < 4.78 is 5.77. The summed E-state index contributed by atoms with van der Waals surface area (Å²) in [6, 6.07) is 0. The molecule has 0 aromatic heterocycles. The molecule has 5 aliphatic rings. The summed E-state index contributed by atoms with van der Waals surface area (Å²) in [6.07, 6.45) is 7.59. The monoisotopic (exact) mass is 194 g/mol. The van der Waals surface area contributed by atoms with Crippen LogP contribution in [0.2, 0.25) is 0 Å². The number of rotatable bonds is 0. The van der Waals surface area contributed by atoms with E-state index in [1.165, 1.54) is 25.7 Å². The topological polar surface area (TPSA) is 12.5 Å². The predicted molar refractivity (Wildman–Crippen MR) is 57.1 cm³/mol. The Labute approximate surface area is 87.2 Å². The molecule has 4 bridgehead atoms. The van der Waals surface area contributed by atoms with Gasteiger partial charge in [0.15, 0.2) is 0 Å². The summed E-state index contributed by atoms with van der Waals surface area (Å²) in [7, 11) is 0. The van der Waals surface area contributed by atoms with Gasteiger partial charge in [-0.2, -0.15) is 0 Å². The van der Waals surface area contributed by atoms with Gasteiger partial charge in [0.25, 0.3) is 0 Å². The first-order valence-corrected chi connectivity index (χ1v) is 6.51. The van der Waals surface area contributed by atoms with E-state index in [4.69, 9.17) is 4.74 Å². The van der Waals surface area contributed by atoms with Gasteiger partial charge in [0.1, 0.15) is 0 Å². The average Bonchev–Trinajstić information content (AvgIpc) is 2.98. The van der Waals surface area contributed by atoms with Crippen LogP contribution in [0.4, 0.5) is 0 Å². The first-order valence-electron chi connectivity index (χ1n) is 6.51. The lowest BCUT2D eigenvalue weighted by Gasteiger charge is -2.53. The molecule has 5 rings (SSSR count). The third kappa shape index (κ3) is 1.05. The van der Waals surface area contributed by atoms with Crippen LogP contribution in [-0.2, 0) is 4.74 Å². The Morgan fingerprint density at radius 1 is 0.857 bits per heavy atom. The molecule has 1 heterocycles. The minimum absolute atomic E-state index is 0.452. The van der Waals surface area contributed by atoms with Gasteiger partial charge >= 0.3 is 0 Å². The molecular formula is C13H22O. The minimum atomic E-state index is 0.452. The fourth-order valence-corrected chi connectivity index (χ4v) is 4.54. The molecule has 0 N–H and O–H groups in total. The van der Waals surface area contributed by atoms with Crippen LogP contribution in [0.3, 0.4) is 0 Å². The first kappa shape index (κ1) is 9.21. The Hall–Kier alpha value is -0.0400. The molecule has 1 spiro atoms. The number of ether oxygens (including phenoxy) is 1. The Kier molecular flexibility index (Phi) is 1.96. The molecule has 0 aromatic carbocycles. The lowest BCUT2D eigenvalue weighted by Crippen LogP contribution is -2.50. The van der Waals surface area contributed by atoms with Crippen LogP contribution in [0.5, 0.6) is 0 Å². The predicted octanol–water partition coefficient (Wildman–Crippen LogP) is 3.24. The second-order valence-electron chi connectivity index (χ2n) is 5.55. The lowest BCUT2D eigenvalue weighted by molar-refractivity contribution is -0.0555. The van der Waals surface area contributed by atoms with Crippen molar-refractivity contribution in [3.8, 4) is 0 Å². The van der Waals surface area contributed by atoms with Crippen LogP contribution >= 0.6 is 0 Å². The van der Waals surface area contributed by atoms with Gasteiger partial charge in [0.2, 0.25) is 0 Å². The highest BCUT2D eigenvalue weighted by molar-refractivity contribution is 5.13. The maximum absolute atomic E-state index is 5.77. The highest BCUT2D eigenvalue weighted by Gasteiger charge is 2.64. The van der Waals surface area contributed by atoms with Crippen molar-refractivity contribution < 1.29 is 4.74 Å². The summed E-state index contributed by atoms with van der Waals surface area (Å²) in [5.41, 5.74) is 0.452. The standard InChI is InChI=1S/C11H16O.C2H6/c1-7-2-9-4-8(1)5-10(3-7)11(9)6-12-11;1-2/h7-10H,1-6H2;1-2H3. The van der Waals surface area contributed by atoms with E-state index in [1.54, 1.807) is 6.42 Å². The first-order chi connectivity index (χ1) is 6.87. The lowest BCUT2D eigenvalue weighted by atomic mass is 9.51. The highest BCUT2D eigenvalue weighted by Crippen LogP contribution is 2.63. The molecule has 5 fully saturated rings. The summed E-state index contributed by atoms with van der Waals surface area (Å²) >= 11 is 0. The Morgan fingerprint density at radius 2 is 1.29 bits per heavy atom. The number of epoxide rings is 1. The maximum atomic E-state index is 5.77. The number of hydrogen-bond acceptors (Lipinski definition) is 1. The summed E-state index contributed by atoms with van der Waals surface area (Å²) in [6.45, 7) is 5.11. The molecule has 0 aromatic rings. The SMILES string of the molecule is C1C2CC3CC1CC(C2)C31CO1.CC. The molecule has 1 saturated heterocycles. The molecule has 0 amide bonds.